The Balaban J connectivity index is 0. The van der Waals surface area contributed by atoms with Gasteiger partial charge in [-0.05, 0) is 11.6 Å². The van der Waals surface area contributed by atoms with Crippen molar-refractivity contribution < 1.29 is 29.4 Å². The van der Waals surface area contributed by atoms with Crippen LogP contribution < -0.4 is 0 Å². The maximum atomic E-state index is 10.8. The predicted molar refractivity (Wildman–Crippen MR) is 106 cm³/mol. The van der Waals surface area contributed by atoms with Crippen molar-refractivity contribution in [2.24, 2.45) is 17.0 Å². The van der Waals surface area contributed by atoms with E-state index >= 15 is 0 Å². The molecule has 0 heterocycles. The molecule has 7 nitrogen and oxygen atoms in total. The molecule has 0 aliphatic carbocycles. The van der Waals surface area contributed by atoms with Crippen LogP contribution in [0.25, 0.3) is 6.08 Å². The molecule has 1 rings (SSSR count). The first kappa shape index (κ1) is 27.3. The zero-order valence-corrected chi connectivity index (χ0v) is 15.4. The summed E-state index contributed by atoms with van der Waals surface area (Å²) in [5.41, 5.74) is 1.09. The number of ketones is 1. The van der Waals surface area contributed by atoms with Gasteiger partial charge in [0.15, 0.2) is 5.71 Å². The van der Waals surface area contributed by atoms with Crippen molar-refractivity contribution in [3.63, 3.8) is 0 Å². The van der Waals surface area contributed by atoms with Crippen LogP contribution in [0.15, 0.2) is 41.6 Å². The van der Waals surface area contributed by atoms with E-state index in [2.05, 4.69) is 5.16 Å². The van der Waals surface area contributed by atoms with Gasteiger partial charge in [-0.3, -0.25) is 4.79 Å². The fourth-order valence-corrected chi connectivity index (χ4v) is 1.54. The van der Waals surface area contributed by atoms with Crippen molar-refractivity contribution in [1.82, 2.24) is 0 Å². The van der Waals surface area contributed by atoms with E-state index < -0.39 is 23.6 Å². The first-order chi connectivity index (χ1) is 12.2. The second-order valence-electron chi connectivity index (χ2n) is 5.87. The summed E-state index contributed by atoms with van der Waals surface area (Å²) in [6.45, 7) is 6.87. The fourth-order valence-electron chi connectivity index (χ4n) is 1.54. The van der Waals surface area contributed by atoms with Crippen LogP contribution in [0.5, 0.6) is 0 Å². The summed E-state index contributed by atoms with van der Waals surface area (Å²) >= 11 is 0. The van der Waals surface area contributed by atoms with Crippen LogP contribution in [0.3, 0.4) is 0 Å². The standard InChI is InChI=1S/C14H17NO3.C5H8O3.Na.H/c1-11(2)13(14(16)17)15-18-10-6-9-12-7-4-3-5-8-12;1-3(2)4(6)5(7)8;;/h3-9,11H,10H2,1-2H3,(H,16,17);3H,1-2H3,(H,7,8);;/b9-6+,15-13-;;;. The van der Waals surface area contributed by atoms with Crippen molar-refractivity contribution in [2.45, 2.75) is 27.7 Å². The molecule has 0 saturated carbocycles. The van der Waals surface area contributed by atoms with Gasteiger partial charge in [-0.25, -0.2) is 9.59 Å². The summed E-state index contributed by atoms with van der Waals surface area (Å²) in [4.78, 5) is 35.8. The summed E-state index contributed by atoms with van der Waals surface area (Å²) < 4.78 is 0. The first-order valence-corrected chi connectivity index (χ1v) is 8.08. The summed E-state index contributed by atoms with van der Waals surface area (Å²) in [5, 5.41) is 20.5. The van der Waals surface area contributed by atoms with E-state index in [0.29, 0.717) is 0 Å². The molecule has 0 amide bonds. The molecular formula is C19H26NNaO6. The number of oxime groups is 1. The Bertz CT molecular complexity index is 653. The van der Waals surface area contributed by atoms with Crippen LogP contribution in [0, 0.1) is 11.8 Å². The van der Waals surface area contributed by atoms with Crippen molar-refractivity contribution in [1.29, 1.82) is 0 Å². The molecule has 0 bridgehead atoms. The van der Waals surface area contributed by atoms with Gasteiger partial charge in [0.25, 0.3) is 0 Å². The first-order valence-electron chi connectivity index (χ1n) is 8.08. The normalized spacial score (nSPS) is 10.8. The number of hydrogen-bond donors (Lipinski definition) is 2. The van der Waals surface area contributed by atoms with Gasteiger partial charge in [0.05, 0.1) is 0 Å². The van der Waals surface area contributed by atoms with E-state index in [4.69, 9.17) is 15.1 Å². The van der Waals surface area contributed by atoms with Gasteiger partial charge in [0.2, 0.25) is 5.78 Å². The molecule has 27 heavy (non-hydrogen) atoms. The molecule has 0 atom stereocenters. The van der Waals surface area contributed by atoms with E-state index in [1.165, 1.54) is 0 Å². The van der Waals surface area contributed by atoms with Crippen LogP contribution in [0.1, 0.15) is 33.3 Å². The third kappa shape index (κ3) is 12.9. The topological polar surface area (TPSA) is 113 Å². The molecule has 0 aliphatic heterocycles. The Morgan fingerprint density at radius 1 is 1.00 bits per heavy atom. The molecule has 1 aromatic carbocycles. The molecule has 0 saturated heterocycles. The van der Waals surface area contributed by atoms with Crippen molar-refractivity contribution in [3.05, 3.63) is 42.0 Å². The SMILES string of the molecule is CC(C)/C(=N/OC/C=C/c1ccccc1)C(=O)O.CC(C)C(=O)C(=O)O.[NaH]. The van der Waals surface area contributed by atoms with Crippen LogP contribution in [0.4, 0.5) is 0 Å². The van der Waals surface area contributed by atoms with Crippen molar-refractivity contribution in [3.8, 4) is 0 Å². The average molecular weight is 387 g/mol. The summed E-state index contributed by atoms with van der Waals surface area (Å²) in [6.07, 6.45) is 3.68. The summed E-state index contributed by atoms with van der Waals surface area (Å²) in [6, 6.07) is 9.77. The number of aliphatic carboxylic acids is 2. The Morgan fingerprint density at radius 2 is 1.56 bits per heavy atom. The fraction of sp³-hybridized carbons (Fsp3) is 0.368. The molecule has 2 N–H and O–H groups in total. The Kier molecular flexibility index (Phi) is 15.3. The number of carboxylic acid groups (broad SMARTS) is 2. The van der Waals surface area contributed by atoms with Gasteiger partial charge >= 0.3 is 41.5 Å². The molecule has 0 aromatic heterocycles. The number of rotatable bonds is 8. The zero-order chi connectivity index (χ0) is 20.1. The van der Waals surface area contributed by atoms with Gasteiger partial charge in [0.1, 0.15) is 6.61 Å². The van der Waals surface area contributed by atoms with E-state index in [0.717, 1.165) is 5.56 Å². The Labute approximate surface area is 181 Å². The van der Waals surface area contributed by atoms with Crippen LogP contribution in [-0.2, 0) is 19.2 Å². The van der Waals surface area contributed by atoms with Gasteiger partial charge in [-0.15, -0.1) is 0 Å². The van der Waals surface area contributed by atoms with Crippen LogP contribution >= 0.6 is 0 Å². The molecule has 144 valence electrons. The minimum absolute atomic E-state index is 0. The molecule has 0 spiro atoms. The van der Waals surface area contributed by atoms with Gasteiger partial charge in [-0.1, -0.05) is 69.3 Å². The number of carbonyl (C=O) groups is 3. The van der Waals surface area contributed by atoms with E-state index in [-0.39, 0.29) is 47.8 Å². The monoisotopic (exact) mass is 387 g/mol. The zero-order valence-electron chi connectivity index (χ0n) is 15.4. The quantitative estimate of drug-likeness (QED) is 0.233. The third-order valence-corrected chi connectivity index (χ3v) is 2.94. The molecule has 1 aromatic rings. The Hall–Kier alpha value is -1.96. The van der Waals surface area contributed by atoms with Crippen LogP contribution in [-0.4, -0.2) is 69.8 Å². The molecule has 0 fully saturated rings. The number of nitrogens with zero attached hydrogens (tertiary/aromatic N) is 1. The second-order valence-corrected chi connectivity index (χ2v) is 5.87. The average Bonchev–Trinajstić information content (AvgIpc) is 2.57. The Morgan fingerprint density at radius 3 is 1.93 bits per heavy atom. The summed E-state index contributed by atoms with van der Waals surface area (Å²) in [5.74, 6) is -3.69. The van der Waals surface area contributed by atoms with E-state index in [1.54, 1.807) is 33.8 Å². The molecular weight excluding hydrogens is 361 g/mol. The number of benzene rings is 1. The number of carbonyl (C=O) groups excluding carboxylic acids is 1. The molecule has 8 heteroatoms. The molecule has 0 aliphatic rings. The summed E-state index contributed by atoms with van der Waals surface area (Å²) in [7, 11) is 0. The van der Waals surface area contributed by atoms with Crippen molar-refractivity contribution in [2.75, 3.05) is 6.61 Å². The third-order valence-electron chi connectivity index (χ3n) is 2.94. The molecule has 0 radical (unpaired) electrons. The minimum atomic E-state index is -1.35. The number of hydrogen-bond acceptors (Lipinski definition) is 5. The second kappa shape index (κ2) is 15.1. The van der Waals surface area contributed by atoms with Crippen LogP contribution in [0.2, 0.25) is 0 Å². The predicted octanol–water partition coefficient (Wildman–Crippen LogP) is 2.46. The molecule has 0 unspecified atom stereocenters. The van der Waals surface area contributed by atoms with Gasteiger partial charge in [0, 0.05) is 11.8 Å². The van der Waals surface area contributed by atoms with Gasteiger partial charge in [-0.2, -0.15) is 0 Å². The van der Waals surface area contributed by atoms with Gasteiger partial charge < -0.3 is 15.1 Å². The van der Waals surface area contributed by atoms with E-state index in [9.17, 15) is 14.4 Å². The number of Topliss-reactive ketones (excluding diaryl/α,β-unsaturated/α-hetero) is 1. The van der Waals surface area contributed by atoms with E-state index in [1.807, 2.05) is 36.4 Å². The van der Waals surface area contributed by atoms with Crippen molar-refractivity contribution >= 4 is 59.1 Å². The maximum absolute atomic E-state index is 10.8. The number of carboxylic acids is 2.